The minimum absolute atomic E-state index is 0.122. The second-order valence-electron chi connectivity index (χ2n) is 3.74. The van der Waals surface area contributed by atoms with Gasteiger partial charge in [0.05, 0.1) is 4.92 Å². The van der Waals surface area contributed by atoms with Gasteiger partial charge in [-0.2, -0.15) is 0 Å². The van der Waals surface area contributed by atoms with Crippen LogP contribution in [0.15, 0.2) is 6.33 Å². The first kappa shape index (κ1) is 11.5. The summed E-state index contributed by atoms with van der Waals surface area (Å²) in [6.45, 7) is 1.29. The van der Waals surface area contributed by atoms with E-state index in [0.717, 1.165) is 12.8 Å². The van der Waals surface area contributed by atoms with E-state index in [1.54, 1.807) is 0 Å². The molecule has 2 heterocycles. The average Bonchev–Trinajstić information content (AvgIpc) is 2.30. The van der Waals surface area contributed by atoms with Crippen molar-refractivity contribution >= 4 is 17.3 Å². The Morgan fingerprint density at radius 1 is 1.47 bits per heavy atom. The van der Waals surface area contributed by atoms with E-state index < -0.39 is 4.92 Å². The highest BCUT2D eigenvalue weighted by Crippen LogP contribution is 2.27. The van der Waals surface area contributed by atoms with Gasteiger partial charge in [0, 0.05) is 19.3 Å². The Morgan fingerprint density at radius 3 is 2.82 bits per heavy atom. The molecule has 1 aromatic rings. The summed E-state index contributed by atoms with van der Waals surface area (Å²) >= 11 is 0. The van der Waals surface area contributed by atoms with E-state index in [1.165, 1.54) is 6.33 Å². The number of hydrogen-bond donors (Lipinski definition) is 2. The molecule has 0 aromatic carbocycles. The topological polar surface area (TPSA) is 116 Å². The van der Waals surface area contributed by atoms with Crippen LogP contribution in [0, 0.1) is 10.1 Å². The van der Waals surface area contributed by atoms with Gasteiger partial charge in [-0.25, -0.2) is 9.97 Å². The molecule has 8 nitrogen and oxygen atoms in total. The number of nitrogens with two attached hydrogens (primary N) is 1. The summed E-state index contributed by atoms with van der Waals surface area (Å²) in [5.41, 5.74) is 5.21. The fraction of sp³-hybridized carbons (Fsp3) is 0.556. The number of aromatic nitrogens is 2. The number of anilines is 2. The van der Waals surface area contributed by atoms with Crippen LogP contribution in [0.3, 0.4) is 0 Å². The van der Waals surface area contributed by atoms with Crippen molar-refractivity contribution in [3.05, 3.63) is 16.4 Å². The van der Waals surface area contributed by atoms with Gasteiger partial charge < -0.3 is 15.8 Å². The van der Waals surface area contributed by atoms with Crippen LogP contribution in [0.2, 0.25) is 0 Å². The van der Waals surface area contributed by atoms with E-state index in [9.17, 15) is 10.1 Å². The molecule has 92 valence electrons. The Hall–Kier alpha value is -1.96. The van der Waals surface area contributed by atoms with Crippen molar-refractivity contribution in [1.29, 1.82) is 0 Å². The first-order valence-corrected chi connectivity index (χ1v) is 5.27. The fourth-order valence-corrected chi connectivity index (χ4v) is 1.71. The summed E-state index contributed by atoms with van der Waals surface area (Å²) < 4.78 is 5.21. The van der Waals surface area contributed by atoms with Crippen molar-refractivity contribution in [3.8, 4) is 0 Å². The minimum atomic E-state index is -0.572. The summed E-state index contributed by atoms with van der Waals surface area (Å²) in [4.78, 5) is 17.8. The highest BCUT2D eigenvalue weighted by molar-refractivity contribution is 5.67. The molecule has 1 aliphatic rings. The van der Waals surface area contributed by atoms with Crippen LogP contribution in [0.25, 0.3) is 0 Å². The first-order chi connectivity index (χ1) is 8.18. The Morgan fingerprint density at radius 2 is 2.18 bits per heavy atom. The molecule has 0 aliphatic carbocycles. The van der Waals surface area contributed by atoms with Crippen LogP contribution >= 0.6 is 0 Å². The molecule has 0 atom stereocenters. The van der Waals surface area contributed by atoms with Gasteiger partial charge in [0.2, 0.25) is 11.6 Å². The summed E-state index contributed by atoms with van der Waals surface area (Å²) in [6.07, 6.45) is 2.80. The van der Waals surface area contributed by atoms with Crippen LogP contribution in [-0.4, -0.2) is 34.1 Å². The summed E-state index contributed by atoms with van der Waals surface area (Å²) in [7, 11) is 0. The van der Waals surface area contributed by atoms with Gasteiger partial charge in [-0.15, -0.1) is 0 Å². The lowest BCUT2D eigenvalue weighted by Gasteiger charge is -2.23. The van der Waals surface area contributed by atoms with Crippen LogP contribution in [0.4, 0.5) is 17.3 Å². The smallest absolute Gasteiger partial charge is 0.352 e. The average molecular weight is 239 g/mol. The van der Waals surface area contributed by atoms with Gasteiger partial charge in [-0.3, -0.25) is 10.1 Å². The monoisotopic (exact) mass is 239 g/mol. The van der Waals surface area contributed by atoms with Crippen molar-refractivity contribution in [3.63, 3.8) is 0 Å². The van der Waals surface area contributed by atoms with E-state index in [1.807, 2.05) is 0 Å². The Balaban J connectivity index is 2.19. The lowest BCUT2D eigenvalue weighted by atomic mass is 10.1. The standard InChI is InChI=1S/C9H13N5O3/c10-8-7(14(15)16)9(12-5-11-8)13-6-1-3-17-4-2-6/h5-6H,1-4H2,(H3,10,11,12,13). The summed E-state index contributed by atoms with van der Waals surface area (Å²) in [5, 5.41) is 13.9. The van der Waals surface area contributed by atoms with Crippen LogP contribution in [-0.2, 0) is 4.74 Å². The molecule has 2 rings (SSSR count). The molecule has 0 unspecified atom stereocenters. The molecule has 1 saturated heterocycles. The molecule has 0 amide bonds. The molecule has 0 saturated carbocycles. The number of nitro groups is 1. The number of nitrogen functional groups attached to an aromatic ring is 1. The van der Waals surface area contributed by atoms with Crippen molar-refractivity contribution in [1.82, 2.24) is 9.97 Å². The third-order valence-electron chi connectivity index (χ3n) is 2.60. The maximum Gasteiger partial charge on any atom is 0.352 e. The van der Waals surface area contributed by atoms with E-state index in [-0.39, 0.29) is 23.4 Å². The number of nitrogens with zero attached hydrogens (tertiary/aromatic N) is 3. The zero-order valence-electron chi connectivity index (χ0n) is 9.13. The third-order valence-corrected chi connectivity index (χ3v) is 2.60. The van der Waals surface area contributed by atoms with Gasteiger partial charge in [-0.05, 0) is 12.8 Å². The highest BCUT2D eigenvalue weighted by atomic mass is 16.6. The number of rotatable bonds is 3. The maximum atomic E-state index is 10.9. The molecule has 0 spiro atoms. The normalized spacial score (nSPS) is 16.7. The lowest BCUT2D eigenvalue weighted by Crippen LogP contribution is -2.28. The second-order valence-corrected chi connectivity index (χ2v) is 3.74. The molecule has 8 heteroatoms. The van der Waals surface area contributed by atoms with E-state index >= 15 is 0 Å². The lowest BCUT2D eigenvalue weighted by molar-refractivity contribution is -0.383. The number of hydrogen-bond acceptors (Lipinski definition) is 7. The van der Waals surface area contributed by atoms with Crippen molar-refractivity contribution in [2.75, 3.05) is 24.3 Å². The predicted octanol–water partition coefficient (Wildman–Crippen LogP) is 0.558. The van der Waals surface area contributed by atoms with Gasteiger partial charge in [0.25, 0.3) is 0 Å². The Labute approximate surface area is 97.3 Å². The number of ether oxygens (including phenoxy) is 1. The first-order valence-electron chi connectivity index (χ1n) is 5.27. The molecular formula is C9H13N5O3. The zero-order valence-corrected chi connectivity index (χ0v) is 9.13. The van der Waals surface area contributed by atoms with Crippen LogP contribution in [0.1, 0.15) is 12.8 Å². The van der Waals surface area contributed by atoms with Crippen LogP contribution < -0.4 is 11.1 Å². The molecular weight excluding hydrogens is 226 g/mol. The fourth-order valence-electron chi connectivity index (χ4n) is 1.71. The molecule has 1 aromatic heterocycles. The van der Waals surface area contributed by atoms with Gasteiger partial charge >= 0.3 is 5.69 Å². The van der Waals surface area contributed by atoms with Crippen molar-refractivity contribution in [2.45, 2.75) is 18.9 Å². The summed E-state index contributed by atoms with van der Waals surface area (Å²) in [5.74, 6) is 0.0500. The third kappa shape index (κ3) is 2.59. The predicted molar refractivity (Wildman–Crippen MR) is 60.6 cm³/mol. The van der Waals surface area contributed by atoms with E-state index in [2.05, 4.69) is 15.3 Å². The zero-order chi connectivity index (χ0) is 12.3. The molecule has 3 N–H and O–H groups in total. The molecule has 0 bridgehead atoms. The largest absolute Gasteiger partial charge is 0.381 e. The van der Waals surface area contributed by atoms with Crippen molar-refractivity contribution in [2.24, 2.45) is 0 Å². The van der Waals surface area contributed by atoms with E-state index in [4.69, 9.17) is 10.5 Å². The second kappa shape index (κ2) is 4.91. The highest BCUT2D eigenvalue weighted by Gasteiger charge is 2.23. The molecule has 17 heavy (non-hydrogen) atoms. The van der Waals surface area contributed by atoms with Crippen LogP contribution in [0.5, 0.6) is 0 Å². The maximum absolute atomic E-state index is 10.9. The van der Waals surface area contributed by atoms with Gasteiger partial charge in [-0.1, -0.05) is 0 Å². The quantitative estimate of drug-likeness (QED) is 0.584. The van der Waals surface area contributed by atoms with Gasteiger partial charge in [0.15, 0.2) is 0 Å². The molecule has 1 aliphatic heterocycles. The Kier molecular flexibility index (Phi) is 3.33. The van der Waals surface area contributed by atoms with Gasteiger partial charge in [0.1, 0.15) is 6.33 Å². The van der Waals surface area contributed by atoms with E-state index in [0.29, 0.717) is 13.2 Å². The molecule has 0 radical (unpaired) electrons. The minimum Gasteiger partial charge on any atom is -0.381 e. The molecule has 1 fully saturated rings. The Bertz CT molecular complexity index is 419. The number of nitrogens with one attached hydrogen (secondary N) is 1. The SMILES string of the molecule is Nc1ncnc(NC2CCOCC2)c1[N+](=O)[O-]. The van der Waals surface area contributed by atoms with Crippen molar-refractivity contribution < 1.29 is 9.66 Å². The summed E-state index contributed by atoms with van der Waals surface area (Å²) in [6, 6.07) is 0.122.